The molecule has 2 aromatic rings. The molecule has 1 aromatic heterocycles. The molecule has 0 unspecified atom stereocenters. The van der Waals surface area contributed by atoms with Crippen LogP contribution in [0.3, 0.4) is 0 Å². The molecule has 7 heteroatoms. The highest BCUT2D eigenvalue weighted by Crippen LogP contribution is 2.29. The van der Waals surface area contributed by atoms with E-state index in [2.05, 4.69) is 23.3 Å². The summed E-state index contributed by atoms with van der Waals surface area (Å²) in [6.45, 7) is 7.10. The van der Waals surface area contributed by atoms with Gasteiger partial charge in [-0.2, -0.15) is 0 Å². The smallest absolute Gasteiger partial charge is 0.161 e. The molecule has 0 atom stereocenters. The standard InChI is InChI=1S/C20H27ClN2O2.2ClH/c1-3-5-6-11-22-13-16-7-9-18(19(12-16)24-4-2)25-15-17-8-10-20(21)23-14-17;;/h7-10,12,14,22H,3-6,11,13,15H2,1-2H3;2*1H. The van der Waals surface area contributed by atoms with Crippen molar-refractivity contribution in [2.45, 2.75) is 46.3 Å². The number of hydrogen-bond donors (Lipinski definition) is 1. The number of nitrogens with one attached hydrogen (secondary N) is 1. The van der Waals surface area contributed by atoms with Crippen LogP contribution in [0.1, 0.15) is 44.2 Å². The monoisotopic (exact) mass is 434 g/mol. The molecule has 0 aliphatic rings. The maximum Gasteiger partial charge on any atom is 0.161 e. The van der Waals surface area contributed by atoms with Gasteiger partial charge in [-0.15, -0.1) is 24.8 Å². The lowest BCUT2D eigenvalue weighted by Crippen LogP contribution is -2.14. The van der Waals surface area contributed by atoms with E-state index >= 15 is 0 Å². The molecule has 27 heavy (non-hydrogen) atoms. The molecule has 0 saturated heterocycles. The lowest BCUT2D eigenvalue weighted by atomic mass is 10.2. The SMILES string of the molecule is CCCCCNCc1ccc(OCc2ccc(Cl)nc2)c(OCC)c1.Cl.Cl. The Morgan fingerprint density at radius 2 is 1.74 bits per heavy atom. The van der Waals surface area contributed by atoms with Crippen molar-refractivity contribution < 1.29 is 9.47 Å². The number of nitrogens with zero attached hydrogens (tertiary/aromatic N) is 1. The molecule has 0 aliphatic carbocycles. The number of aromatic nitrogens is 1. The average molecular weight is 436 g/mol. The van der Waals surface area contributed by atoms with Crippen LogP contribution in [0.25, 0.3) is 0 Å². The number of pyridine rings is 1. The third-order valence-electron chi connectivity index (χ3n) is 3.78. The molecule has 0 radical (unpaired) electrons. The minimum atomic E-state index is 0. The zero-order chi connectivity index (χ0) is 17.9. The van der Waals surface area contributed by atoms with Crippen molar-refractivity contribution in [2.75, 3.05) is 13.2 Å². The van der Waals surface area contributed by atoms with Crippen molar-refractivity contribution in [1.82, 2.24) is 10.3 Å². The van der Waals surface area contributed by atoms with Gasteiger partial charge in [0.1, 0.15) is 11.8 Å². The summed E-state index contributed by atoms with van der Waals surface area (Å²) in [4.78, 5) is 4.07. The van der Waals surface area contributed by atoms with Gasteiger partial charge in [-0.05, 0) is 43.7 Å². The highest BCUT2D eigenvalue weighted by atomic mass is 35.5. The first kappa shape index (κ1) is 25.8. The predicted molar refractivity (Wildman–Crippen MR) is 117 cm³/mol. The van der Waals surface area contributed by atoms with Gasteiger partial charge in [-0.25, -0.2) is 4.98 Å². The molecule has 0 fully saturated rings. The molecule has 0 aliphatic heterocycles. The van der Waals surface area contributed by atoms with Crippen LogP contribution in [-0.2, 0) is 13.2 Å². The summed E-state index contributed by atoms with van der Waals surface area (Å²) in [5.74, 6) is 1.52. The highest BCUT2D eigenvalue weighted by Gasteiger charge is 2.07. The molecule has 2 rings (SSSR count). The summed E-state index contributed by atoms with van der Waals surface area (Å²) in [6.07, 6.45) is 5.44. The van der Waals surface area contributed by atoms with Crippen LogP contribution < -0.4 is 14.8 Å². The number of benzene rings is 1. The summed E-state index contributed by atoms with van der Waals surface area (Å²) >= 11 is 5.80. The second kappa shape index (κ2) is 14.8. The van der Waals surface area contributed by atoms with Gasteiger partial charge < -0.3 is 14.8 Å². The number of halogens is 3. The minimum Gasteiger partial charge on any atom is -0.490 e. The van der Waals surface area contributed by atoms with Gasteiger partial charge >= 0.3 is 0 Å². The van der Waals surface area contributed by atoms with E-state index in [-0.39, 0.29) is 24.8 Å². The van der Waals surface area contributed by atoms with Crippen LogP contribution in [0.5, 0.6) is 11.5 Å². The maximum absolute atomic E-state index is 5.90. The van der Waals surface area contributed by atoms with E-state index in [1.807, 2.05) is 25.1 Å². The summed E-state index contributed by atoms with van der Waals surface area (Å²) in [5.41, 5.74) is 2.16. The summed E-state index contributed by atoms with van der Waals surface area (Å²) in [6, 6.07) is 9.76. The van der Waals surface area contributed by atoms with Crippen molar-refractivity contribution in [3.8, 4) is 11.5 Å². The Bertz CT molecular complexity index is 640. The van der Waals surface area contributed by atoms with Crippen LogP contribution in [-0.4, -0.2) is 18.1 Å². The van der Waals surface area contributed by atoms with Crippen molar-refractivity contribution in [2.24, 2.45) is 0 Å². The predicted octanol–water partition coefficient (Wildman–Crippen LogP) is 5.84. The van der Waals surface area contributed by atoms with Gasteiger partial charge in [0, 0.05) is 18.3 Å². The number of hydrogen-bond acceptors (Lipinski definition) is 4. The number of ether oxygens (including phenoxy) is 2. The molecule has 0 spiro atoms. The topological polar surface area (TPSA) is 43.4 Å². The first-order chi connectivity index (χ1) is 12.2. The van der Waals surface area contributed by atoms with Crippen molar-refractivity contribution >= 4 is 36.4 Å². The summed E-state index contributed by atoms with van der Waals surface area (Å²) in [7, 11) is 0. The highest BCUT2D eigenvalue weighted by molar-refractivity contribution is 6.29. The fourth-order valence-electron chi connectivity index (χ4n) is 2.44. The Kier molecular flexibility index (Phi) is 14.2. The van der Waals surface area contributed by atoms with E-state index < -0.39 is 0 Å². The van der Waals surface area contributed by atoms with E-state index in [4.69, 9.17) is 21.1 Å². The summed E-state index contributed by atoms with van der Waals surface area (Å²) in [5, 5.41) is 3.95. The van der Waals surface area contributed by atoms with Gasteiger partial charge in [0.25, 0.3) is 0 Å². The van der Waals surface area contributed by atoms with Crippen molar-refractivity contribution in [3.63, 3.8) is 0 Å². The van der Waals surface area contributed by atoms with E-state index in [0.29, 0.717) is 18.4 Å². The Morgan fingerprint density at radius 1 is 0.963 bits per heavy atom. The fraction of sp³-hybridized carbons (Fsp3) is 0.450. The summed E-state index contributed by atoms with van der Waals surface area (Å²) < 4.78 is 11.6. The van der Waals surface area contributed by atoms with Gasteiger partial charge in [0.15, 0.2) is 11.5 Å². The molecule has 4 nitrogen and oxygen atoms in total. The lowest BCUT2D eigenvalue weighted by Gasteiger charge is -2.14. The van der Waals surface area contributed by atoms with Gasteiger partial charge in [-0.3, -0.25) is 0 Å². The number of unbranched alkanes of at least 4 members (excludes halogenated alkanes) is 2. The van der Waals surface area contributed by atoms with E-state index in [1.54, 1.807) is 12.3 Å². The van der Waals surface area contributed by atoms with Crippen LogP contribution in [0.4, 0.5) is 0 Å². The molecular formula is C20H29Cl3N2O2. The molecule has 152 valence electrons. The van der Waals surface area contributed by atoms with E-state index in [0.717, 1.165) is 30.2 Å². The Morgan fingerprint density at radius 3 is 2.41 bits per heavy atom. The normalized spacial score (nSPS) is 9.89. The lowest BCUT2D eigenvalue weighted by molar-refractivity contribution is 0.269. The first-order valence-corrected chi connectivity index (χ1v) is 9.30. The molecule has 0 saturated carbocycles. The number of rotatable bonds is 11. The molecule has 1 N–H and O–H groups in total. The van der Waals surface area contributed by atoms with Gasteiger partial charge in [0.05, 0.1) is 6.61 Å². The second-order valence-electron chi connectivity index (χ2n) is 5.88. The molecule has 0 bridgehead atoms. The van der Waals surface area contributed by atoms with Crippen LogP contribution >= 0.6 is 36.4 Å². The van der Waals surface area contributed by atoms with Crippen molar-refractivity contribution in [1.29, 1.82) is 0 Å². The van der Waals surface area contributed by atoms with Gasteiger partial charge in [0.2, 0.25) is 0 Å². The molecule has 0 amide bonds. The molecule has 1 aromatic carbocycles. The van der Waals surface area contributed by atoms with Crippen LogP contribution in [0.2, 0.25) is 5.15 Å². The molecular weight excluding hydrogens is 407 g/mol. The quantitative estimate of drug-likeness (QED) is 0.356. The Balaban J connectivity index is 0.00000338. The fourth-order valence-corrected chi connectivity index (χ4v) is 2.55. The van der Waals surface area contributed by atoms with Crippen molar-refractivity contribution in [3.05, 3.63) is 52.8 Å². The van der Waals surface area contributed by atoms with E-state index in [1.165, 1.54) is 24.8 Å². The minimum absolute atomic E-state index is 0. The third kappa shape index (κ3) is 9.52. The Labute approximate surface area is 179 Å². The maximum atomic E-state index is 5.90. The third-order valence-corrected chi connectivity index (χ3v) is 4.00. The first-order valence-electron chi connectivity index (χ1n) is 8.92. The zero-order valence-electron chi connectivity index (χ0n) is 15.9. The Hall–Kier alpha value is -1.20. The van der Waals surface area contributed by atoms with Gasteiger partial charge in [-0.1, -0.05) is 43.5 Å². The van der Waals surface area contributed by atoms with Crippen LogP contribution in [0, 0.1) is 0 Å². The molecule has 1 heterocycles. The van der Waals surface area contributed by atoms with Crippen LogP contribution in [0.15, 0.2) is 36.5 Å². The second-order valence-corrected chi connectivity index (χ2v) is 6.26. The average Bonchev–Trinajstić information content (AvgIpc) is 2.62. The van der Waals surface area contributed by atoms with E-state index in [9.17, 15) is 0 Å². The largest absolute Gasteiger partial charge is 0.490 e. The zero-order valence-corrected chi connectivity index (χ0v) is 18.3.